The van der Waals surface area contributed by atoms with Crippen molar-refractivity contribution in [2.45, 2.75) is 31.3 Å². The smallest absolute Gasteiger partial charge is 0.275 e. The van der Waals surface area contributed by atoms with Gasteiger partial charge in [-0.1, -0.05) is 0 Å². The predicted octanol–water partition coefficient (Wildman–Crippen LogP) is 3.69. The summed E-state index contributed by atoms with van der Waals surface area (Å²) < 4.78 is 44.5. The van der Waals surface area contributed by atoms with Gasteiger partial charge in [0.15, 0.2) is 28.8 Å². The van der Waals surface area contributed by atoms with E-state index in [1.807, 2.05) is 11.0 Å². The number of pyridine rings is 1. The summed E-state index contributed by atoms with van der Waals surface area (Å²) in [5.41, 5.74) is 3.29. The predicted molar refractivity (Wildman–Crippen MR) is 113 cm³/mol. The molecule has 6 rings (SSSR count). The van der Waals surface area contributed by atoms with Gasteiger partial charge < -0.3 is 4.90 Å². The minimum Gasteiger partial charge on any atom is -0.325 e. The summed E-state index contributed by atoms with van der Waals surface area (Å²) in [6.07, 6.45) is 3.66. The molecule has 10 heteroatoms. The molecule has 33 heavy (non-hydrogen) atoms. The van der Waals surface area contributed by atoms with Crippen LogP contribution >= 0.6 is 0 Å². The molecule has 0 aliphatic carbocycles. The molecule has 1 amide bonds. The third-order valence-electron chi connectivity index (χ3n) is 6.73. The third kappa shape index (κ3) is 2.76. The van der Waals surface area contributed by atoms with Crippen LogP contribution in [0, 0.1) is 17.5 Å². The molecule has 0 spiro atoms. The van der Waals surface area contributed by atoms with Crippen LogP contribution in [0.25, 0.3) is 22.3 Å². The first-order valence-corrected chi connectivity index (χ1v) is 10.7. The molecule has 0 radical (unpaired) electrons. The Kier molecular flexibility index (Phi) is 4.17. The zero-order valence-corrected chi connectivity index (χ0v) is 17.9. The van der Waals surface area contributed by atoms with Gasteiger partial charge in [0.1, 0.15) is 0 Å². The minimum atomic E-state index is -1.50. The molecule has 0 unspecified atom stereocenters. The SMILES string of the molecule is Cn1nc2c(c1-c1cc(F)c(F)c(F)c1)C[C@H]1CC[C@H]2N1C(=O)c1nn(C)c2ncccc12. The zero-order valence-electron chi connectivity index (χ0n) is 17.9. The molecule has 1 fully saturated rings. The second-order valence-corrected chi connectivity index (χ2v) is 8.60. The first-order chi connectivity index (χ1) is 15.8. The zero-order chi connectivity index (χ0) is 23.0. The molecule has 2 aliphatic heterocycles. The number of aryl methyl sites for hydroxylation is 2. The molecule has 5 heterocycles. The molecule has 3 aromatic heterocycles. The van der Waals surface area contributed by atoms with Gasteiger partial charge in [-0.25, -0.2) is 22.8 Å². The van der Waals surface area contributed by atoms with Crippen LogP contribution in [0.4, 0.5) is 13.2 Å². The van der Waals surface area contributed by atoms with Gasteiger partial charge in [-0.15, -0.1) is 0 Å². The highest BCUT2D eigenvalue weighted by Gasteiger charge is 2.46. The highest BCUT2D eigenvalue weighted by molar-refractivity contribution is 6.04. The normalized spacial score (nSPS) is 19.4. The van der Waals surface area contributed by atoms with E-state index in [0.717, 1.165) is 30.5 Å². The lowest BCUT2D eigenvalue weighted by Gasteiger charge is -2.34. The van der Waals surface area contributed by atoms with E-state index >= 15 is 0 Å². The second-order valence-electron chi connectivity index (χ2n) is 8.60. The van der Waals surface area contributed by atoms with Crippen LogP contribution < -0.4 is 0 Å². The summed E-state index contributed by atoms with van der Waals surface area (Å²) in [5.74, 6) is -4.17. The molecule has 2 aliphatic rings. The van der Waals surface area contributed by atoms with E-state index in [0.29, 0.717) is 34.5 Å². The van der Waals surface area contributed by atoms with Crippen LogP contribution in [0.2, 0.25) is 0 Å². The Balaban J connectivity index is 1.43. The minimum absolute atomic E-state index is 0.0955. The quantitative estimate of drug-likeness (QED) is 0.435. The first-order valence-electron chi connectivity index (χ1n) is 10.7. The average molecular weight is 452 g/mol. The van der Waals surface area contributed by atoms with Crippen LogP contribution in [-0.4, -0.2) is 41.4 Å². The van der Waals surface area contributed by atoms with E-state index < -0.39 is 17.5 Å². The number of hydrogen-bond donors (Lipinski definition) is 0. The highest BCUT2D eigenvalue weighted by Crippen LogP contribution is 2.47. The van der Waals surface area contributed by atoms with Gasteiger partial charge in [-0.2, -0.15) is 10.2 Å². The third-order valence-corrected chi connectivity index (χ3v) is 6.73. The molecule has 0 saturated carbocycles. The van der Waals surface area contributed by atoms with Crippen molar-refractivity contribution >= 4 is 16.9 Å². The fourth-order valence-corrected chi connectivity index (χ4v) is 5.38. The number of hydrogen-bond acceptors (Lipinski definition) is 4. The molecule has 7 nitrogen and oxygen atoms in total. The Morgan fingerprint density at radius 1 is 1.06 bits per heavy atom. The fraction of sp³-hybridized carbons (Fsp3) is 0.304. The number of nitrogens with zero attached hydrogens (tertiary/aromatic N) is 6. The summed E-state index contributed by atoms with van der Waals surface area (Å²) in [4.78, 5) is 19.8. The van der Waals surface area contributed by atoms with Gasteiger partial charge in [-0.3, -0.25) is 9.48 Å². The number of aromatic nitrogens is 5. The Hall–Kier alpha value is -3.69. The molecule has 2 bridgehead atoms. The van der Waals surface area contributed by atoms with E-state index in [-0.39, 0.29) is 23.6 Å². The number of halogens is 3. The van der Waals surface area contributed by atoms with Gasteiger partial charge in [0.05, 0.1) is 22.8 Å². The average Bonchev–Trinajstić information content (AvgIpc) is 3.43. The van der Waals surface area contributed by atoms with Crippen LogP contribution in [0.15, 0.2) is 30.5 Å². The molecule has 168 valence electrons. The lowest BCUT2D eigenvalue weighted by molar-refractivity contribution is 0.0637. The van der Waals surface area contributed by atoms with Crippen LogP contribution in [0.3, 0.4) is 0 Å². The van der Waals surface area contributed by atoms with Crippen molar-refractivity contribution in [1.82, 2.24) is 29.4 Å². The highest BCUT2D eigenvalue weighted by atomic mass is 19.2. The Morgan fingerprint density at radius 3 is 2.58 bits per heavy atom. The Labute approximate surface area is 186 Å². The number of carbonyl (C=O) groups excluding carboxylic acids is 1. The number of fused-ring (bicyclic) bond motifs is 5. The molecule has 2 atom stereocenters. The van der Waals surface area contributed by atoms with Crippen LogP contribution in [0.1, 0.15) is 40.6 Å². The lowest BCUT2D eigenvalue weighted by atomic mass is 9.94. The van der Waals surface area contributed by atoms with E-state index in [2.05, 4.69) is 15.2 Å². The van der Waals surface area contributed by atoms with E-state index in [9.17, 15) is 18.0 Å². The molecule has 0 N–H and O–H groups in total. The molecular weight excluding hydrogens is 433 g/mol. The Morgan fingerprint density at radius 2 is 1.82 bits per heavy atom. The number of rotatable bonds is 2. The van der Waals surface area contributed by atoms with Crippen molar-refractivity contribution in [3.63, 3.8) is 0 Å². The van der Waals surface area contributed by atoms with Gasteiger partial charge in [0, 0.05) is 37.5 Å². The van der Waals surface area contributed by atoms with Gasteiger partial charge in [-0.05, 0) is 43.5 Å². The first kappa shape index (κ1) is 20.0. The summed E-state index contributed by atoms with van der Waals surface area (Å²) in [6.45, 7) is 0. The topological polar surface area (TPSA) is 68.8 Å². The lowest BCUT2D eigenvalue weighted by Crippen LogP contribution is -2.42. The largest absolute Gasteiger partial charge is 0.325 e. The van der Waals surface area contributed by atoms with E-state index in [1.165, 1.54) is 0 Å². The maximum atomic E-state index is 13.9. The van der Waals surface area contributed by atoms with Crippen molar-refractivity contribution in [1.29, 1.82) is 0 Å². The summed E-state index contributed by atoms with van der Waals surface area (Å²) >= 11 is 0. The van der Waals surface area contributed by atoms with Crippen molar-refractivity contribution < 1.29 is 18.0 Å². The number of carbonyl (C=O) groups is 1. The maximum absolute atomic E-state index is 13.9. The standard InChI is InChI=1S/C23H19F3N6O/c1-30-21(11-8-15(24)18(26)16(25)9-11)14-10-12-5-6-17(19(14)28-30)32(12)23(33)20-13-4-3-7-27-22(13)31(2)29-20/h3-4,7-9,12,17H,5-6,10H2,1-2H3/t12-,17-/m1/s1. The van der Waals surface area contributed by atoms with Crippen molar-refractivity contribution in [3.8, 4) is 11.3 Å². The number of benzene rings is 1. The fourth-order valence-electron chi connectivity index (χ4n) is 5.38. The monoisotopic (exact) mass is 452 g/mol. The van der Waals surface area contributed by atoms with Gasteiger partial charge >= 0.3 is 0 Å². The van der Waals surface area contributed by atoms with Gasteiger partial charge in [0.25, 0.3) is 5.91 Å². The molecular formula is C23H19F3N6O. The molecule has 1 saturated heterocycles. The molecule has 4 aromatic rings. The second kappa shape index (κ2) is 6.90. The van der Waals surface area contributed by atoms with E-state index in [4.69, 9.17) is 0 Å². The molecule has 1 aromatic carbocycles. The van der Waals surface area contributed by atoms with Crippen molar-refractivity contribution in [3.05, 3.63) is 64.9 Å². The summed E-state index contributed by atoms with van der Waals surface area (Å²) in [6, 6.07) is 5.22. The van der Waals surface area contributed by atoms with Crippen LogP contribution in [0.5, 0.6) is 0 Å². The van der Waals surface area contributed by atoms with Crippen molar-refractivity contribution in [2.24, 2.45) is 14.1 Å². The van der Waals surface area contributed by atoms with Crippen LogP contribution in [-0.2, 0) is 20.5 Å². The summed E-state index contributed by atoms with van der Waals surface area (Å²) in [5, 5.41) is 9.75. The Bertz CT molecular complexity index is 1440. The summed E-state index contributed by atoms with van der Waals surface area (Å²) in [7, 11) is 3.44. The van der Waals surface area contributed by atoms with E-state index in [1.54, 1.807) is 35.7 Å². The van der Waals surface area contributed by atoms with Crippen molar-refractivity contribution in [2.75, 3.05) is 0 Å². The van der Waals surface area contributed by atoms with Gasteiger partial charge in [0.2, 0.25) is 0 Å². The number of amides is 1. The maximum Gasteiger partial charge on any atom is 0.275 e.